The highest BCUT2D eigenvalue weighted by molar-refractivity contribution is 7.99. The van der Waals surface area contributed by atoms with Gasteiger partial charge in [-0.3, -0.25) is 4.79 Å². The molecule has 2 rings (SSSR count). The minimum atomic E-state index is -0.0587. The lowest BCUT2D eigenvalue weighted by atomic mass is 10.1. The number of rotatable bonds is 6. The number of hydrogen-bond donors (Lipinski definition) is 2. The highest BCUT2D eigenvalue weighted by Crippen LogP contribution is 2.26. The molecule has 0 radical (unpaired) electrons. The molecule has 1 aromatic carbocycles. The zero-order valence-corrected chi connectivity index (χ0v) is 13.3. The van der Waals surface area contributed by atoms with E-state index < -0.39 is 0 Å². The van der Waals surface area contributed by atoms with E-state index in [1.165, 1.54) is 0 Å². The lowest BCUT2D eigenvalue weighted by molar-refractivity contribution is -0.119. The van der Waals surface area contributed by atoms with Gasteiger partial charge >= 0.3 is 0 Å². The van der Waals surface area contributed by atoms with Crippen molar-refractivity contribution in [3.05, 3.63) is 36.7 Å². The van der Waals surface area contributed by atoms with Crippen LogP contribution in [0.15, 0.2) is 46.7 Å². The van der Waals surface area contributed by atoms with E-state index in [4.69, 9.17) is 0 Å². The summed E-state index contributed by atoms with van der Waals surface area (Å²) < 4.78 is 1.97. The molecule has 0 aliphatic heterocycles. The molecule has 0 saturated heterocycles. The highest BCUT2D eigenvalue weighted by atomic mass is 32.2. The van der Waals surface area contributed by atoms with E-state index >= 15 is 0 Å². The number of anilines is 1. The van der Waals surface area contributed by atoms with Gasteiger partial charge in [-0.25, -0.2) is 4.98 Å². The molecule has 0 aliphatic carbocycles. The smallest absolute Gasteiger partial charge is 0.228 e. The maximum Gasteiger partial charge on any atom is 0.228 e. The maximum atomic E-state index is 11.9. The van der Waals surface area contributed by atoms with Gasteiger partial charge in [-0.15, -0.1) is 0 Å². The van der Waals surface area contributed by atoms with Gasteiger partial charge in [-0.2, -0.15) is 0 Å². The molecule has 1 atom stereocenters. The first-order valence-corrected chi connectivity index (χ1v) is 7.62. The molecule has 2 aromatic rings. The van der Waals surface area contributed by atoms with Crippen molar-refractivity contribution >= 4 is 23.4 Å². The van der Waals surface area contributed by atoms with Crippen molar-refractivity contribution in [2.45, 2.75) is 17.0 Å². The first kappa shape index (κ1) is 15.6. The Bertz CT molecular complexity index is 594. The number of nitrogens with zero attached hydrogens (tertiary/aromatic N) is 2. The minimum absolute atomic E-state index is 0.0221. The number of benzene rings is 1. The van der Waals surface area contributed by atoms with Gasteiger partial charge in [0.25, 0.3) is 0 Å². The number of amides is 1. The van der Waals surface area contributed by atoms with Crippen LogP contribution in [0, 0.1) is 5.92 Å². The molecule has 0 spiro atoms. The van der Waals surface area contributed by atoms with Crippen LogP contribution in [0.1, 0.15) is 6.92 Å². The summed E-state index contributed by atoms with van der Waals surface area (Å²) in [6, 6.07) is 7.79. The third kappa shape index (κ3) is 4.34. The molecule has 0 bridgehead atoms. The Labute approximate surface area is 129 Å². The highest BCUT2D eigenvalue weighted by Gasteiger charge is 2.11. The topological polar surface area (TPSA) is 59.0 Å². The summed E-state index contributed by atoms with van der Waals surface area (Å²) in [6.07, 6.45) is 3.69. The first-order valence-electron chi connectivity index (χ1n) is 6.81. The lowest BCUT2D eigenvalue weighted by Crippen LogP contribution is -2.28. The zero-order chi connectivity index (χ0) is 15.2. The normalized spacial score (nSPS) is 12.1. The third-order valence-electron chi connectivity index (χ3n) is 3.07. The summed E-state index contributed by atoms with van der Waals surface area (Å²) in [5.74, 6) is -0.0366. The molecule has 1 amide bonds. The summed E-state index contributed by atoms with van der Waals surface area (Å²) in [4.78, 5) is 17.3. The molecule has 112 valence electrons. The van der Waals surface area contributed by atoms with Crippen molar-refractivity contribution in [3.63, 3.8) is 0 Å². The Balaban J connectivity index is 1.96. The summed E-state index contributed by atoms with van der Waals surface area (Å²) in [5, 5.41) is 6.85. The lowest BCUT2D eigenvalue weighted by Gasteiger charge is -2.11. The number of hydrogen-bond acceptors (Lipinski definition) is 4. The average molecular weight is 304 g/mol. The fraction of sp³-hybridized carbons (Fsp3) is 0.333. The SMILES string of the molecule is CNCC(C)C(=O)Nc1ccc(Sc2nccn2C)cc1. The van der Waals surface area contributed by atoms with E-state index in [0.29, 0.717) is 6.54 Å². The quantitative estimate of drug-likeness (QED) is 0.860. The molecule has 5 nitrogen and oxygen atoms in total. The number of carbonyl (C=O) groups is 1. The third-order valence-corrected chi connectivity index (χ3v) is 4.15. The second-order valence-electron chi connectivity index (χ2n) is 4.90. The molecule has 1 aromatic heterocycles. The van der Waals surface area contributed by atoms with Gasteiger partial charge in [-0.05, 0) is 31.3 Å². The summed E-state index contributed by atoms with van der Waals surface area (Å²) in [7, 11) is 3.81. The van der Waals surface area contributed by atoms with E-state index in [2.05, 4.69) is 15.6 Å². The van der Waals surface area contributed by atoms with Gasteiger partial charge in [0.1, 0.15) is 0 Å². The molecular formula is C15H20N4OS. The Morgan fingerprint density at radius 3 is 2.67 bits per heavy atom. The van der Waals surface area contributed by atoms with Crippen LogP contribution in [0.5, 0.6) is 0 Å². The minimum Gasteiger partial charge on any atom is -0.329 e. The molecule has 1 heterocycles. The summed E-state index contributed by atoms with van der Waals surface area (Å²) in [5.41, 5.74) is 0.812. The summed E-state index contributed by atoms with van der Waals surface area (Å²) in [6.45, 7) is 2.57. The molecule has 21 heavy (non-hydrogen) atoms. The maximum absolute atomic E-state index is 11.9. The van der Waals surface area contributed by atoms with Crippen LogP contribution in [0.3, 0.4) is 0 Å². The van der Waals surface area contributed by atoms with Crippen molar-refractivity contribution < 1.29 is 4.79 Å². The Kier molecular flexibility index (Phi) is 5.41. The van der Waals surface area contributed by atoms with Gasteiger partial charge in [0.05, 0.1) is 0 Å². The van der Waals surface area contributed by atoms with Crippen molar-refractivity contribution in [2.75, 3.05) is 18.9 Å². The molecule has 0 fully saturated rings. The summed E-state index contributed by atoms with van der Waals surface area (Å²) >= 11 is 1.59. The zero-order valence-electron chi connectivity index (χ0n) is 12.5. The number of carbonyl (C=O) groups excluding carboxylic acids is 1. The predicted octanol–water partition coefficient (Wildman–Crippen LogP) is 2.37. The Hall–Kier alpha value is -1.79. The van der Waals surface area contributed by atoms with Crippen molar-refractivity contribution in [1.82, 2.24) is 14.9 Å². The van der Waals surface area contributed by atoms with Gasteiger partial charge in [0, 0.05) is 42.5 Å². The van der Waals surface area contributed by atoms with Crippen LogP contribution in [-0.2, 0) is 11.8 Å². The second-order valence-corrected chi connectivity index (χ2v) is 5.94. The largest absolute Gasteiger partial charge is 0.329 e. The first-order chi connectivity index (χ1) is 10.1. The van der Waals surface area contributed by atoms with Gasteiger partial charge in [-0.1, -0.05) is 18.7 Å². The monoisotopic (exact) mass is 304 g/mol. The van der Waals surface area contributed by atoms with Gasteiger partial charge in [0.15, 0.2) is 5.16 Å². The van der Waals surface area contributed by atoms with Gasteiger partial charge in [0.2, 0.25) is 5.91 Å². The van der Waals surface area contributed by atoms with E-state index in [0.717, 1.165) is 15.7 Å². The van der Waals surface area contributed by atoms with Crippen molar-refractivity contribution in [2.24, 2.45) is 13.0 Å². The van der Waals surface area contributed by atoms with Crippen LogP contribution in [0.2, 0.25) is 0 Å². The van der Waals surface area contributed by atoms with Crippen LogP contribution in [0.25, 0.3) is 0 Å². The van der Waals surface area contributed by atoms with E-state index in [1.807, 2.05) is 56.0 Å². The standard InChI is InChI=1S/C15H20N4OS/c1-11(10-16-2)14(20)18-12-4-6-13(7-5-12)21-15-17-8-9-19(15)3/h4-9,11,16H,10H2,1-3H3,(H,18,20). The molecule has 0 saturated carbocycles. The Morgan fingerprint density at radius 1 is 1.38 bits per heavy atom. The van der Waals surface area contributed by atoms with E-state index in [-0.39, 0.29) is 11.8 Å². The molecule has 1 unspecified atom stereocenters. The average Bonchev–Trinajstić information content (AvgIpc) is 2.86. The van der Waals surface area contributed by atoms with Crippen LogP contribution in [0.4, 0.5) is 5.69 Å². The number of aryl methyl sites for hydroxylation is 1. The number of imidazole rings is 1. The molecular weight excluding hydrogens is 284 g/mol. The molecule has 0 aliphatic rings. The number of nitrogens with one attached hydrogen (secondary N) is 2. The van der Waals surface area contributed by atoms with Crippen molar-refractivity contribution in [1.29, 1.82) is 0 Å². The fourth-order valence-electron chi connectivity index (χ4n) is 1.83. The van der Waals surface area contributed by atoms with Crippen LogP contribution >= 0.6 is 11.8 Å². The molecule has 2 N–H and O–H groups in total. The van der Waals surface area contributed by atoms with Crippen LogP contribution in [-0.4, -0.2) is 29.1 Å². The van der Waals surface area contributed by atoms with E-state index in [9.17, 15) is 4.79 Å². The second kappa shape index (κ2) is 7.28. The molecule has 6 heteroatoms. The Morgan fingerprint density at radius 2 is 2.10 bits per heavy atom. The van der Waals surface area contributed by atoms with Gasteiger partial charge < -0.3 is 15.2 Å². The number of aromatic nitrogens is 2. The fourth-order valence-corrected chi connectivity index (χ4v) is 2.63. The van der Waals surface area contributed by atoms with Crippen LogP contribution < -0.4 is 10.6 Å². The van der Waals surface area contributed by atoms with E-state index in [1.54, 1.807) is 18.0 Å². The predicted molar refractivity (Wildman–Crippen MR) is 85.5 cm³/mol. The van der Waals surface area contributed by atoms with Crippen molar-refractivity contribution in [3.8, 4) is 0 Å².